The number of hydrogen-bond donors (Lipinski definition) is 0. The van der Waals surface area contributed by atoms with Crippen LogP contribution in [0.25, 0.3) is 11.0 Å². The van der Waals surface area contributed by atoms with E-state index >= 15 is 0 Å². The van der Waals surface area contributed by atoms with Crippen molar-refractivity contribution in [1.82, 2.24) is 4.90 Å². The van der Waals surface area contributed by atoms with Crippen molar-refractivity contribution in [2.75, 3.05) is 13.7 Å². The van der Waals surface area contributed by atoms with Crippen molar-refractivity contribution in [2.24, 2.45) is 0 Å². The summed E-state index contributed by atoms with van der Waals surface area (Å²) in [6, 6.07) is 11.1. The van der Waals surface area contributed by atoms with Crippen molar-refractivity contribution in [2.45, 2.75) is 13.5 Å². The van der Waals surface area contributed by atoms with Crippen LogP contribution in [0.5, 0.6) is 5.75 Å². The van der Waals surface area contributed by atoms with E-state index in [1.165, 1.54) is 11.3 Å². The normalized spacial score (nSPS) is 10.9. The molecule has 0 aliphatic rings. The molecule has 0 radical (unpaired) electrons. The lowest BCUT2D eigenvalue weighted by Gasteiger charge is -2.18. The van der Waals surface area contributed by atoms with E-state index < -0.39 is 0 Å². The summed E-state index contributed by atoms with van der Waals surface area (Å²) in [7, 11) is 1.58. The van der Waals surface area contributed by atoms with Crippen LogP contribution in [0.1, 0.15) is 22.4 Å². The summed E-state index contributed by atoms with van der Waals surface area (Å²) in [6.07, 6.45) is 0. The Bertz CT molecular complexity index is 839. The summed E-state index contributed by atoms with van der Waals surface area (Å²) < 4.78 is 11.7. The molecule has 23 heavy (non-hydrogen) atoms. The number of fused-ring (bicyclic) bond motifs is 1. The van der Waals surface area contributed by atoms with Crippen LogP contribution in [0.4, 0.5) is 0 Å². The molecule has 0 saturated carbocycles. The summed E-state index contributed by atoms with van der Waals surface area (Å²) in [4.78, 5) is 15.5. The van der Waals surface area contributed by atoms with E-state index in [0.717, 1.165) is 14.6 Å². The first-order valence-electron chi connectivity index (χ1n) is 7.22. The molecule has 6 heteroatoms. The Morgan fingerprint density at radius 3 is 2.83 bits per heavy atom. The van der Waals surface area contributed by atoms with E-state index in [4.69, 9.17) is 20.8 Å². The number of nitrogens with zero attached hydrogens (tertiary/aromatic N) is 1. The Labute approximate surface area is 143 Å². The van der Waals surface area contributed by atoms with E-state index in [1.54, 1.807) is 18.1 Å². The molecule has 0 aliphatic heterocycles. The van der Waals surface area contributed by atoms with Crippen LogP contribution in [0.15, 0.2) is 40.8 Å². The summed E-state index contributed by atoms with van der Waals surface area (Å²) in [5.41, 5.74) is 0.591. The summed E-state index contributed by atoms with van der Waals surface area (Å²) >= 11 is 7.43. The monoisotopic (exact) mass is 349 g/mol. The van der Waals surface area contributed by atoms with Gasteiger partial charge in [0.25, 0.3) is 5.91 Å². The highest BCUT2D eigenvalue weighted by molar-refractivity contribution is 7.16. The minimum Gasteiger partial charge on any atom is -0.493 e. The number of carbonyl (C=O) groups excluding carboxylic acids is 1. The molecule has 2 heterocycles. The average Bonchev–Trinajstić information content (AvgIpc) is 3.17. The van der Waals surface area contributed by atoms with Gasteiger partial charge in [0, 0.05) is 16.8 Å². The Morgan fingerprint density at radius 1 is 1.35 bits per heavy atom. The molecule has 0 spiro atoms. The van der Waals surface area contributed by atoms with Crippen LogP contribution < -0.4 is 4.74 Å². The molecule has 0 atom stereocenters. The van der Waals surface area contributed by atoms with Crippen LogP contribution in [-0.2, 0) is 6.54 Å². The number of methoxy groups -OCH3 is 1. The number of furan rings is 1. The molecule has 3 rings (SSSR count). The zero-order valence-electron chi connectivity index (χ0n) is 12.8. The summed E-state index contributed by atoms with van der Waals surface area (Å²) in [5.74, 6) is 0.791. The fourth-order valence-electron chi connectivity index (χ4n) is 2.41. The number of benzene rings is 1. The third-order valence-corrected chi connectivity index (χ3v) is 4.80. The van der Waals surface area contributed by atoms with Crippen LogP contribution >= 0.6 is 22.9 Å². The second-order valence-corrected chi connectivity index (χ2v) is 6.81. The molecule has 0 bridgehead atoms. The van der Waals surface area contributed by atoms with Crippen molar-refractivity contribution in [1.29, 1.82) is 0 Å². The minimum atomic E-state index is -0.143. The van der Waals surface area contributed by atoms with Gasteiger partial charge in [0.05, 0.1) is 18.0 Å². The SMILES string of the molecule is CCN(Cc1ccc(Cl)s1)C(=O)c1cc2cccc(OC)c2o1. The van der Waals surface area contributed by atoms with Crippen molar-refractivity contribution in [3.63, 3.8) is 0 Å². The van der Waals surface area contributed by atoms with Gasteiger partial charge in [-0.2, -0.15) is 0 Å². The van der Waals surface area contributed by atoms with E-state index in [1.807, 2.05) is 37.3 Å². The molecule has 2 aromatic heterocycles. The van der Waals surface area contributed by atoms with Gasteiger partial charge in [-0.3, -0.25) is 4.79 Å². The summed E-state index contributed by atoms with van der Waals surface area (Å²) in [5, 5.41) is 0.850. The zero-order valence-corrected chi connectivity index (χ0v) is 14.4. The Kier molecular flexibility index (Phi) is 4.59. The minimum absolute atomic E-state index is 0.143. The van der Waals surface area contributed by atoms with E-state index in [0.29, 0.717) is 30.2 Å². The fourth-order valence-corrected chi connectivity index (χ4v) is 3.51. The average molecular weight is 350 g/mol. The van der Waals surface area contributed by atoms with Gasteiger partial charge in [0.15, 0.2) is 17.1 Å². The number of hydrogen-bond acceptors (Lipinski definition) is 4. The number of carbonyl (C=O) groups is 1. The maximum Gasteiger partial charge on any atom is 0.289 e. The van der Waals surface area contributed by atoms with Gasteiger partial charge in [-0.1, -0.05) is 23.7 Å². The zero-order chi connectivity index (χ0) is 16.4. The third-order valence-electron chi connectivity index (χ3n) is 3.58. The molecule has 0 aliphatic carbocycles. The molecule has 0 unspecified atom stereocenters. The van der Waals surface area contributed by atoms with Gasteiger partial charge in [-0.25, -0.2) is 0 Å². The maximum atomic E-state index is 12.7. The predicted octanol–water partition coefficient (Wildman–Crippen LogP) is 4.82. The van der Waals surface area contributed by atoms with Crippen LogP contribution in [0, 0.1) is 0 Å². The smallest absolute Gasteiger partial charge is 0.289 e. The van der Waals surface area contributed by atoms with Crippen molar-refractivity contribution >= 4 is 39.8 Å². The van der Waals surface area contributed by atoms with Crippen molar-refractivity contribution in [3.8, 4) is 5.75 Å². The molecule has 0 saturated heterocycles. The quantitative estimate of drug-likeness (QED) is 0.663. The Hall–Kier alpha value is -1.98. The standard InChI is InChI=1S/C17H16ClNO3S/c1-3-19(10-12-7-8-15(18)23-12)17(20)14-9-11-5-4-6-13(21-2)16(11)22-14/h4-9H,3,10H2,1-2H3. The molecule has 1 amide bonds. The molecular formula is C17H16ClNO3S. The number of amides is 1. The second kappa shape index (κ2) is 6.64. The first kappa shape index (κ1) is 15.9. The number of ether oxygens (including phenoxy) is 1. The lowest BCUT2D eigenvalue weighted by atomic mass is 10.2. The predicted molar refractivity (Wildman–Crippen MR) is 92.5 cm³/mol. The van der Waals surface area contributed by atoms with Gasteiger partial charge in [-0.15, -0.1) is 11.3 Å². The van der Waals surface area contributed by atoms with Crippen molar-refractivity contribution < 1.29 is 13.9 Å². The largest absolute Gasteiger partial charge is 0.493 e. The van der Waals surface area contributed by atoms with E-state index in [-0.39, 0.29) is 5.91 Å². The Balaban J connectivity index is 1.88. The van der Waals surface area contributed by atoms with E-state index in [9.17, 15) is 4.79 Å². The molecule has 0 fully saturated rings. The molecule has 3 aromatic rings. The topological polar surface area (TPSA) is 42.7 Å². The third kappa shape index (κ3) is 3.21. The first-order chi connectivity index (χ1) is 11.1. The van der Waals surface area contributed by atoms with Crippen molar-refractivity contribution in [3.05, 3.63) is 51.4 Å². The summed E-state index contributed by atoms with van der Waals surface area (Å²) in [6.45, 7) is 3.04. The van der Waals surface area contributed by atoms with Crippen LogP contribution in [0.3, 0.4) is 0 Å². The molecule has 120 valence electrons. The van der Waals surface area contributed by atoms with Gasteiger partial charge in [0.2, 0.25) is 0 Å². The van der Waals surface area contributed by atoms with Gasteiger partial charge in [-0.05, 0) is 31.2 Å². The lowest BCUT2D eigenvalue weighted by Crippen LogP contribution is -2.29. The number of thiophene rings is 1. The fraction of sp³-hybridized carbons (Fsp3) is 0.235. The van der Waals surface area contributed by atoms with Gasteiger partial charge < -0.3 is 14.1 Å². The highest BCUT2D eigenvalue weighted by Crippen LogP contribution is 2.29. The first-order valence-corrected chi connectivity index (χ1v) is 8.42. The van der Waals surface area contributed by atoms with Crippen LogP contribution in [-0.4, -0.2) is 24.5 Å². The second-order valence-electron chi connectivity index (χ2n) is 5.01. The van der Waals surface area contributed by atoms with Gasteiger partial charge >= 0.3 is 0 Å². The van der Waals surface area contributed by atoms with Gasteiger partial charge in [0.1, 0.15) is 0 Å². The number of para-hydroxylation sites is 1. The molecule has 1 aromatic carbocycles. The van der Waals surface area contributed by atoms with E-state index in [2.05, 4.69) is 0 Å². The number of rotatable bonds is 5. The molecule has 0 N–H and O–H groups in total. The highest BCUT2D eigenvalue weighted by atomic mass is 35.5. The highest BCUT2D eigenvalue weighted by Gasteiger charge is 2.20. The Morgan fingerprint density at radius 2 is 2.17 bits per heavy atom. The lowest BCUT2D eigenvalue weighted by molar-refractivity contribution is 0.0724. The maximum absolute atomic E-state index is 12.7. The number of halogens is 1. The molecular weight excluding hydrogens is 334 g/mol. The molecule has 4 nitrogen and oxygen atoms in total. The van der Waals surface area contributed by atoms with Crippen LogP contribution in [0.2, 0.25) is 4.34 Å².